The van der Waals surface area contributed by atoms with Gasteiger partial charge in [0, 0.05) is 6.54 Å². The number of hydrogen-bond donors (Lipinski definition) is 2. The molecule has 1 unspecified atom stereocenters. The Labute approximate surface area is 105 Å². The first-order valence-corrected chi connectivity index (χ1v) is 5.86. The zero-order valence-electron chi connectivity index (χ0n) is 9.83. The van der Waals surface area contributed by atoms with Crippen molar-refractivity contribution in [1.82, 2.24) is 4.90 Å². The molecule has 5 nitrogen and oxygen atoms in total. The van der Waals surface area contributed by atoms with Crippen molar-refractivity contribution in [2.75, 3.05) is 6.54 Å². The first-order chi connectivity index (χ1) is 8.63. The van der Waals surface area contributed by atoms with Gasteiger partial charge in [-0.15, -0.1) is 0 Å². The second-order valence-electron chi connectivity index (χ2n) is 4.34. The van der Waals surface area contributed by atoms with Gasteiger partial charge >= 0.3 is 0 Å². The van der Waals surface area contributed by atoms with Crippen LogP contribution in [0.15, 0.2) is 18.2 Å². The molecule has 1 saturated heterocycles. The van der Waals surface area contributed by atoms with E-state index in [9.17, 15) is 15.0 Å². The highest BCUT2D eigenvalue weighted by Crippen LogP contribution is 2.26. The molecule has 1 aromatic rings. The molecule has 0 bridgehead atoms. The molecule has 0 saturated carbocycles. The van der Waals surface area contributed by atoms with Crippen LogP contribution in [0.4, 0.5) is 0 Å². The van der Waals surface area contributed by atoms with Crippen molar-refractivity contribution in [1.29, 1.82) is 5.26 Å². The second kappa shape index (κ2) is 4.96. The normalized spacial score (nSPS) is 19.3. The molecule has 1 aliphatic heterocycles. The van der Waals surface area contributed by atoms with Crippen LogP contribution in [0.3, 0.4) is 0 Å². The number of carbonyl (C=O) groups is 1. The van der Waals surface area contributed by atoms with E-state index in [2.05, 4.69) is 6.07 Å². The highest BCUT2D eigenvalue weighted by Gasteiger charge is 2.28. The van der Waals surface area contributed by atoms with Gasteiger partial charge in [-0.2, -0.15) is 5.26 Å². The molecule has 18 heavy (non-hydrogen) atoms. The predicted octanol–water partition coefficient (Wildman–Crippen LogP) is 1.62. The van der Waals surface area contributed by atoms with Crippen molar-refractivity contribution in [2.24, 2.45) is 0 Å². The number of amides is 1. The number of rotatable bonds is 1. The number of aromatic hydroxyl groups is 2. The molecule has 1 aromatic carbocycles. The number of likely N-dealkylation sites (tertiary alicyclic amines) is 1. The standard InChI is InChI=1S/C13H14N2O3/c14-8-9-3-1-2-6-15(9)13(18)11-7-10(16)4-5-12(11)17/h4-5,7,9,16-17H,1-3,6H2. The van der Waals surface area contributed by atoms with Crippen LogP contribution in [0.25, 0.3) is 0 Å². The Morgan fingerprint density at radius 2 is 2.17 bits per heavy atom. The third-order valence-electron chi connectivity index (χ3n) is 3.12. The molecule has 5 heteroatoms. The number of phenols is 2. The van der Waals surface area contributed by atoms with Crippen LogP contribution in [0, 0.1) is 11.3 Å². The van der Waals surface area contributed by atoms with E-state index >= 15 is 0 Å². The van der Waals surface area contributed by atoms with Crippen LogP contribution < -0.4 is 0 Å². The number of piperidine rings is 1. The van der Waals surface area contributed by atoms with Gasteiger partial charge in [0.15, 0.2) is 0 Å². The Morgan fingerprint density at radius 3 is 2.89 bits per heavy atom. The van der Waals surface area contributed by atoms with E-state index in [0.29, 0.717) is 13.0 Å². The van der Waals surface area contributed by atoms with Crippen molar-refractivity contribution in [3.8, 4) is 17.6 Å². The lowest BCUT2D eigenvalue weighted by molar-refractivity contribution is 0.0667. The topological polar surface area (TPSA) is 84.6 Å². The minimum atomic E-state index is -0.451. The molecular weight excluding hydrogens is 232 g/mol. The summed E-state index contributed by atoms with van der Waals surface area (Å²) in [5.74, 6) is -0.670. The molecule has 1 atom stereocenters. The van der Waals surface area contributed by atoms with Gasteiger partial charge in [0.25, 0.3) is 5.91 Å². The summed E-state index contributed by atoms with van der Waals surface area (Å²) < 4.78 is 0. The molecule has 0 aromatic heterocycles. The second-order valence-corrected chi connectivity index (χ2v) is 4.34. The largest absolute Gasteiger partial charge is 0.508 e. The van der Waals surface area contributed by atoms with Crippen LogP contribution in [-0.2, 0) is 0 Å². The van der Waals surface area contributed by atoms with Crippen LogP contribution in [-0.4, -0.2) is 33.6 Å². The summed E-state index contributed by atoms with van der Waals surface area (Å²) in [6, 6.07) is 5.45. The zero-order chi connectivity index (χ0) is 13.1. The molecule has 2 rings (SSSR count). The van der Waals surface area contributed by atoms with E-state index in [1.807, 2.05) is 0 Å². The van der Waals surface area contributed by atoms with E-state index in [-0.39, 0.29) is 17.1 Å². The molecule has 0 spiro atoms. The van der Waals surface area contributed by atoms with E-state index in [0.717, 1.165) is 12.8 Å². The SMILES string of the molecule is N#CC1CCCCN1C(=O)c1cc(O)ccc1O. The van der Waals surface area contributed by atoms with Crippen molar-refractivity contribution >= 4 is 5.91 Å². The molecule has 1 aliphatic rings. The van der Waals surface area contributed by atoms with Crippen molar-refractivity contribution < 1.29 is 15.0 Å². The van der Waals surface area contributed by atoms with Crippen molar-refractivity contribution in [2.45, 2.75) is 25.3 Å². The average Bonchev–Trinajstić information content (AvgIpc) is 2.40. The lowest BCUT2D eigenvalue weighted by Gasteiger charge is -2.31. The Hall–Kier alpha value is -2.22. The maximum Gasteiger partial charge on any atom is 0.258 e. The molecular formula is C13H14N2O3. The third-order valence-corrected chi connectivity index (χ3v) is 3.12. The van der Waals surface area contributed by atoms with E-state index in [1.165, 1.54) is 23.1 Å². The van der Waals surface area contributed by atoms with E-state index in [4.69, 9.17) is 5.26 Å². The highest BCUT2D eigenvalue weighted by atomic mass is 16.3. The molecule has 2 N–H and O–H groups in total. The Bertz CT molecular complexity index is 507. The Morgan fingerprint density at radius 1 is 1.39 bits per heavy atom. The number of hydrogen-bond acceptors (Lipinski definition) is 4. The van der Waals surface area contributed by atoms with Crippen LogP contribution in [0.5, 0.6) is 11.5 Å². The number of benzene rings is 1. The predicted molar refractivity (Wildman–Crippen MR) is 64.1 cm³/mol. The molecule has 1 amide bonds. The fourth-order valence-corrected chi connectivity index (χ4v) is 2.16. The lowest BCUT2D eigenvalue weighted by Crippen LogP contribution is -2.42. The third kappa shape index (κ3) is 2.23. The van der Waals surface area contributed by atoms with Gasteiger partial charge in [-0.05, 0) is 37.5 Å². The van der Waals surface area contributed by atoms with Crippen molar-refractivity contribution in [3.63, 3.8) is 0 Å². The maximum atomic E-state index is 12.2. The molecule has 0 radical (unpaired) electrons. The molecule has 1 heterocycles. The summed E-state index contributed by atoms with van der Waals surface area (Å²) in [6.07, 6.45) is 2.43. The minimum absolute atomic E-state index is 0.0390. The lowest BCUT2D eigenvalue weighted by atomic mass is 10.0. The smallest absolute Gasteiger partial charge is 0.258 e. The van der Waals surface area contributed by atoms with Crippen LogP contribution >= 0.6 is 0 Å². The van der Waals surface area contributed by atoms with E-state index in [1.54, 1.807) is 0 Å². The number of carbonyl (C=O) groups excluding carboxylic acids is 1. The number of nitriles is 1. The van der Waals surface area contributed by atoms with Crippen LogP contribution in [0.1, 0.15) is 29.6 Å². The summed E-state index contributed by atoms with van der Waals surface area (Å²) in [5, 5.41) is 28.0. The van der Waals surface area contributed by atoms with Gasteiger partial charge in [-0.25, -0.2) is 0 Å². The zero-order valence-corrected chi connectivity index (χ0v) is 9.83. The fourth-order valence-electron chi connectivity index (χ4n) is 2.16. The molecule has 1 fully saturated rings. The Balaban J connectivity index is 2.30. The van der Waals surface area contributed by atoms with Gasteiger partial charge in [-0.1, -0.05) is 0 Å². The van der Waals surface area contributed by atoms with Crippen molar-refractivity contribution in [3.05, 3.63) is 23.8 Å². The molecule has 0 aliphatic carbocycles. The first kappa shape index (κ1) is 12.2. The van der Waals surface area contributed by atoms with Gasteiger partial charge in [0.2, 0.25) is 0 Å². The fraction of sp³-hybridized carbons (Fsp3) is 0.385. The summed E-state index contributed by atoms with van der Waals surface area (Å²) in [4.78, 5) is 13.7. The number of phenolic OH excluding ortho intramolecular Hbond substituents is 2. The first-order valence-electron chi connectivity index (χ1n) is 5.86. The summed E-state index contributed by atoms with van der Waals surface area (Å²) >= 11 is 0. The van der Waals surface area contributed by atoms with Gasteiger partial charge < -0.3 is 15.1 Å². The summed E-state index contributed by atoms with van der Waals surface area (Å²) in [7, 11) is 0. The maximum absolute atomic E-state index is 12.2. The summed E-state index contributed by atoms with van der Waals surface area (Å²) in [6.45, 7) is 0.506. The van der Waals surface area contributed by atoms with Crippen LogP contribution in [0.2, 0.25) is 0 Å². The monoisotopic (exact) mass is 246 g/mol. The Kier molecular flexibility index (Phi) is 3.38. The quantitative estimate of drug-likeness (QED) is 0.737. The number of nitrogens with zero attached hydrogens (tertiary/aromatic N) is 2. The highest BCUT2D eigenvalue weighted by molar-refractivity contribution is 5.97. The van der Waals surface area contributed by atoms with E-state index < -0.39 is 11.9 Å². The van der Waals surface area contributed by atoms with Gasteiger partial charge in [-0.3, -0.25) is 4.79 Å². The molecule has 94 valence electrons. The van der Waals surface area contributed by atoms with Gasteiger partial charge in [0.1, 0.15) is 17.5 Å². The average molecular weight is 246 g/mol. The van der Waals surface area contributed by atoms with Gasteiger partial charge in [0.05, 0.1) is 11.6 Å². The summed E-state index contributed by atoms with van der Waals surface area (Å²) in [5.41, 5.74) is 0.0390. The minimum Gasteiger partial charge on any atom is -0.508 e.